The highest BCUT2D eigenvalue weighted by Gasteiger charge is 2.33. The highest BCUT2D eigenvalue weighted by Crippen LogP contribution is 2.41. The van der Waals surface area contributed by atoms with Gasteiger partial charge in [0.1, 0.15) is 11.6 Å². The molecule has 0 spiro atoms. The fourth-order valence-electron chi connectivity index (χ4n) is 4.86. The van der Waals surface area contributed by atoms with E-state index in [1.165, 1.54) is 12.1 Å². The molecule has 1 aliphatic heterocycles. The molecule has 0 unspecified atom stereocenters. The maximum absolute atomic E-state index is 13.4. The third-order valence-corrected chi connectivity index (χ3v) is 7.02. The number of amides is 1. The average molecular weight is 499 g/mol. The van der Waals surface area contributed by atoms with Gasteiger partial charge in [0, 0.05) is 42.8 Å². The highest BCUT2D eigenvalue weighted by molar-refractivity contribution is 5.78. The third kappa shape index (κ3) is 6.65. The van der Waals surface area contributed by atoms with Crippen molar-refractivity contribution in [1.29, 1.82) is 0 Å². The van der Waals surface area contributed by atoms with E-state index < -0.39 is 0 Å². The van der Waals surface area contributed by atoms with Crippen LogP contribution < -0.4 is 4.74 Å². The average Bonchev–Trinajstić information content (AvgIpc) is 2.79. The van der Waals surface area contributed by atoms with Crippen LogP contribution in [0.3, 0.4) is 0 Å². The van der Waals surface area contributed by atoms with Crippen LogP contribution in [-0.2, 0) is 28.8 Å². The summed E-state index contributed by atoms with van der Waals surface area (Å²) >= 11 is 0. The van der Waals surface area contributed by atoms with Crippen LogP contribution >= 0.6 is 0 Å². The molecule has 1 amide bonds. The SMILES string of the molecule is C[C@@H]1CN(Cc2ccc(F)cc2)[C@@H](C)CN1C(=O)COc1c(C(C)(C)C)cc(CO)cc1C(C)(C)C. The predicted molar refractivity (Wildman–Crippen MR) is 143 cm³/mol. The molecule has 1 fully saturated rings. The first-order chi connectivity index (χ1) is 16.7. The molecule has 1 N–H and O–H groups in total. The zero-order valence-corrected chi connectivity index (χ0v) is 23.2. The van der Waals surface area contributed by atoms with Gasteiger partial charge in [0.2, 0.25) is 0 Å². The molecule has 198 valence electrons. The van der Waals surface area contributed by atoms with Gasteiger partial charge in [0.25, 0.3) is 5.91 Å². The first-order valence-corrected chi connectivity index (χ1v) is 12.9. The molecule has 5 nitrogen and oxygen atoms in total. The maximum atomic E-state index is 13.4. The number of benzene rings is 2. The molecule has 1 aliphatic rings. The molecular weight excluding hydrogens is 455 g/mol. The Balaban J connectivity index is 1.76. The number of carbonyl (C=O) groups excluding carboxylic acids is 1. The number of piperazine rings is 1. The molecule has 2 aromatic rings. The van der Waals surface area contributed by atoms with E-state index >= 15 is 0 Å². The lowest BCUT2D eigenvalue weighted by molar-refractivity contribution is -0.139. The second-order valence-electron chi connectivity index (χ2n) is 12.3. The van der Waals surface area contributed by atoms with Gasteiger partial charge in [-0.1, -0.05) is 53.7 Å². The number of halogens is 1. The molecule has 36 heavy (non-hydrogen) atoms. The third-order valence-electron chi connectivity index (χ3n) is 7.02. The molecular formula is C30H43FN2O3. The summed E-state index contributed by atoms with van der Waals surface area (Å²) in [5, 5.41) is 9.86. The van der Waals surface area contributed by atoms with Crippen molar-refractivity contribution in [3.63, 3.8) is 0 Å². The van der Waals surface area contributed by atoms with Crippen LogP contribution in [0, 0.1) is 5.82 Å². The molecule has 0 aliphatic carbocycles. The molecule has 0 bridgehead atoms. The molecule has 0 radical (unpaired) electrons. The number of rotatable bonds is 6. The summed E-state index contributed by atoms with van der Waals surface area (Å²) in [7, 11) is 0. The first kappa shape index (κ1) is 28.1. The Bertz CT molecular complexity index is 1020. The quantitative estimate of drug-likeness (QED) is 0.578. The van der Waals surface area contributed by atoms with Crippen molar-refractivity contribution in [2.45, 2.75) is 91.5 Å². The smallest absolute Gasteiger partial charge is 0.260 e. The minimum atomic E-state index is -0.231. The summed E-state index contributed by atoms with van der Waals surface area (Å²) < 4.78 is 19.6. The van der Waals surface area contributed by atoms with E-state index in [9.17, 15) is 14.3 Å². The summed E-state index contributed by atoms with van der Waals surface area (Å²) in [4.78, 5) is 17.6. The number of hydrogen-bond acceptors (Lipinski definition) is 4. The van der Waals surface area contributed by atoms with E-state index in [2.05, 4.69) is 60.3 Å². The van der Waals surface area contributed by atoms with Crippen LogP contribution in [0.5, 0.6) is 5.75 Å². The second kappa shape index (κ2) is 10.9. The van der Waals surface area contributed by atoms with E-state index in [1.54, 1.807) is 0 Å². The molecule has 1 saturated heterocycles. The molecule has 1 heterocycles. The molecule has 2 aromatic carbocycles. The largest absolute Gasteiger partial charge is 0.483 e. The second-order valence-corrected chi connectivity index (χ2v) is 12.3. The van der Waals surface area contributed by atoms with E-state index in [0.29, 0.717) is 6.54 Å². The van der Waals surface area contributed by atoms with Gasteiger partial charge in [-0.3, -0.25) is 9.69 Å². The summed E-state index contributed by atoms with van der Waals surface area (Å²) in [6, 6.07) is 10.8. The van der Waals surface area contributed by atoms with Gasteiger partial charge in [-0.05, 0) is 60.1 Å². The number of aliphatic hydroxyl groups is 1. The summed E-state index contributed by atoms with van der Waals surface area (Å²) in [5.41, 5.74) is 3.49. The maximum Gasteiger partial charge on any atom is 0.260 e. The van der Waals surface area contributed by atoms with E-state index in [-0.39, 0.29) is 47.9 Å². The minimum absolute atomic E-state index is 0.0262. The number of nitrogens with zero attached hydrogens (tertiary/aromatic N) is 2. The van der Waals surface area contributed by atoms with Crippen molar-refractivity contribution < 1.29 is 19.0 Å². The van der Waals surface area contributed by atoms with Crippen LogP contribution in [0.1, 0.15) is 77.6 Å². The first-order valence-electron chi connectivity index (χ1n) is 12.9. The van der Waals surface area contributed by atoms with Crippen molar-refractivity contribution >= 4 is 5.91 Å². The normalized spacial score (nSPS) is 19.4. The zero-order valence-electron chi connectivity index (χ0n) is 23.2. The van der Waals surface area contributed by atoms with Crippen molar-refractivity contribution in [1.82, 2.24) is 9.80 Å². The van der Waals surface area contributed by atoms with Crippen LogP contribution in [0.25, 0.3) is 0 Å². The molecule has 2 atom stereocenters. The Morgan fingerprint density at radius 3 is 2.00 bits per heavy atom. The van der Waals surface area contributed by atoms with E-state index in [0.717, 1.165) is 41.1 Å². The number of hydrogen-bond donors (Lipinski definition) is 1. The van der Waals surface area contributed by atoms with Crippen LogP contribution in [0.4, 0.5) is 4.39 Å². The van der Waals surface area contributed by atoms with Crippen LogP contribution in [0.2, 0.25) is 0 Å². The Labute approximate surface area is 216 Å². The van der Waals surface area contributed by atoms with Crippen molar-refractivity contribution in [2.24, 2.45) is 0 Å². The Hall–Kier alpha value is -2.44. The summed E-state index contributed by atoms with van der Waals surface area (Å²) in [6.07, 6.45) is 0. The predicted octanol–water partition coefficient (Wildman–Crippen LogP) is 5.41. The molecule has 0 saturated carbocycles. The zero-order chi connectivity index (χ0) is 26.8. The fraction of sp³-hybridized carbons (Fsp3) is 0.567. The highest BCUT2D eigenvalue weighted by atomic mass is 19.1. The number of ether oxygens (including phenoxy) is 1. The number of carbonyl (C=O) groups is 1. The topological polar surface area (TPSA) is 53.0 Å². The van der Waals surface area contributed by atoms with Crippen molar-refractivity contribution in [3.05, 3.63) is 64.5 Å². The van der Waals surface area contributed by atoms with Crippen molar-refractivity contribution in [3.8, 4) is 5.75 Å². The van der Waals surface area contributed by atoms with E-state index in [4.69, 9.17) is 4.74 Å². The summed E-state index contributed by atoms with van der Waals surface area (Å²) in [6.45, 7) is 18.9. The van der Waals surface area contributed by atoms with Crippen molar-refractivity contribution in [2.75, 3.05) is 19.7 Å². The summed E-state index contributed by atoms with van der Waals surface area (Å²) in [5.74, 6) is 0.490. The Kier molecular flexibility index (Phi) is 8.51. The minimum Gasteiger partial charge on any atom is -0.483 e. The van der Waals surface area contributed by atoms with Gasteiger partial charge in [0.15, 0.2) is 6.61 Å². The van der Waals surface area contributed by atoms with Crippen LogP contribution in [0.15, 0.2) is 36.4 Å². The van der Waals surface area contributed by atoms with Gasteiger partial charge >= 0.3 is 0 Å². The van der Waals surface area contributed by atoms with Crippen LogP contribution in [-0.4, -0.2) is 52.6 Å². The van der Waals surface area contributed by atoms with Gasteiger partial charge in [-0.2, -0.15) is 0 Å². The van der Waals surface area contributed by atoms with Gasteiger partial charge in [-0.25, -0.2) is 4.39 Å². The lowest BCUT2D eigenvalue weighted by atomic mass is 9.78. The number of aliphatic hydroxyl groups excluding tert-OH is 1. The Morgan fingerprint density at radius 2 is 1.50 bits per heavy atom. The molecule has 0 aromatic heterocycles. The van der Waals surface area contributed by atoms with Gasteiger partial charge in [-0.15, -0.1) is 0 Å². The fourth-order valence-corrected chi connectivity index (χ4v) is 4.86. The lowest BCUT2D eigenvalue weighted by Gasteiger charge is -2.44. The van der Waals surface area contributed by atoms with Gasteiger partial charge < -0.3 is 14.7 Å². The van der Waals surface area contributed by atoms with E-state index in [1.807, 2.05) is 29.2 Å². The monoisotopic (exact) mass is 498 g/mol. The Morgan fingerprint density at radius 1 is 0.944 bits per heavy atom. The molecule has 6 heteroatoms. The molecule has 3 rings (SSSR count). The van der Waals surface area contributed by atoms with Gasteiger partial charge in [0.05, 0.1) is 6.61 Å². The lowest BCUT2D eigenvalue weighted by Crippen LogP contribution is -2.58. The standard InChI is InChI=1S/C30H43FN2O3/c1-20-16-33(21(2)15-32(20)17-22-9-11-24(31)12-10-22)27(35)19-36-28-25(29(3,4)5)13-23(18-34)14-26(28)30(6,7)8/h9-14,20-21,34H,15-19H2,1-8H3/t20-,21+/m0/s1.